The summed E-state index contributed by atoms with van der Waals surface area (Å²) >= 11 is 0. The number of rotatable bonds is 5. The highest BCUT2D eigenvalue weighted by Gasteiger charge is 2.15. The van der Waals surface area contributed by atoms with Crippen molar-refractivity contribution in [2.45, 2.75) is 13.8 Å². The van der Waals surface area contributed by atoms with Crippen molar-refractivity contribution in [3.63, 3.8) is 0 Å². The van der Waals surface area contributed by atoms with Crippen LogP contribution < -0.4 is 5.63 Å². The van der Waals surface area contributed by atoms with Gasteiger partial charge in [0, 0.05) is 27.6 Å². The van der Waals surface area contributed by atoms with Crippen LogP contribution >= 0.6 is 0 Å². The van der Waals surface area contributed by atoms with Gasteiger partial charge in [0.2, 0.25) is 0 Å². The largest absolute Gasteiger partial charge is 0.422 e. The van der Waals surface area contributed by atoms with Gasteiger partial charge in [-0.1, -0.05) is 103 Å². The molecule has 188 valence electrons. The zero-order valence-corrected chi connectivity index (χ0v) is 21.6. The molecule has 2 heterocycles. The van der Waals surface area contributed by atoms with Crippen LogP contribution in [0, 0.1) is 0 Å². The first-order chi connectivity index (χ1) is 19.2. The first kappa shape index (κ1) is 24.2. The number of allylic oxidation sites excluding steroid dienone is 4. The van der Waals surface area contributed by atoms with Crippen LogP contribution in [0.1, 0.15) is 19.7 Å². The van der Waals surface area contributed by atoms with E-state index in [2.05, 4.69) is 0 Å². The van der Waals surface area contributed by atoms with Gasteiger partial charge in [-0.25, -0.2) is 19.7 Å². The number of nitrogens with zero attached hydrogens (tertiary/aromatic N) is 3. The molecule has 0 bridgehead atoms. The Hall–Kier alpha value is -5.16. The van der Waals surface area contributed by atoms with E-state index < -0.39 is 0 Å². The molecule has 6 aromatic rings. The summed E-state index contributed by atoms with van der Waals surface area (Å²) < 4.78 is 5.86. The summed E-state index contributed by atoms with van der Waals surface area (Å²) in [7, 11) is 0. The van der Waals surface area contributed by atoms with Gasteiger partial charge in [0.1, 0.15) is 5.58 Å². The molecule has 4 aromatic carbocycles. The molecule has 2 aromatic heterocycles. The molecule has 0 unspecified atom stereocenters. The van der Waals surface area contributed by atoms with Crippen LogP contribution in [0.2, 0.25) is 0 Å². The lowest BCUT2D eigenvalue weighted by Crippen LogP contribution is -2.02. The maximum Gasteiger partial charge on any atom is 0.344 e. The number of benzene rings is 4. The van der Waals surface area contributed by atoms with E-state index in [1.807, 2.05) is 123 Å². The van der Waals surface area contributed by atoms with Crippen molar-refractivity contribution in [1.82, 2.24) is 15.0 Å². The number of para-hydroxylation sites is 1. The van der Waals surface area contributed by atoms with E-state index in [0.29, 0.717) is 28.4 Å². The predicted octanol–water partition coefficient (Wildman–Crippen LogP) is 8.11. The van der Waals surface area contributed by atoms with Gasteiger partial charge in [0.05, 0.1) is 5.39 Å². The van der Waals surface area contributed by atoms with E-state index in [1.165, 1.54) is 0 Å². The standard InChI is InChI=1S/C34H25N3O2/c1-3-12-22(4-2)31-35-32(23-13-6-5-7-14-23)37-33(36-31)25-16-10-15-24(21-25)26-19-11-20-28-27-17-8-9-18-29(27)34(38)39-30(26)28/h3-21H,1-2H3/b12-3-,22-4+. The third-order valence-corrected chi connectivity index (χ3v) is 6.66. The number of hydrogen-bond donors (Lipinski definition) is 0. The Morgan fingerprint density at radius 2 is 1.31 bits per heavy atom. The Labute approximate surface area is 225 Å². The summed E-state index contributed by atoms with van der Waals surface area (Å²) in [5.74, 6) is 1.77. The van der Waals surface area contributed by atoms with E-state index in [1.54, 1.807) is 6.07 Å². The van der Waals surface area contributed by atoms with E-state index in [-0.39, 0.29) is 5.63 Å². The second-order valence-corrected chi connectivity index (χ2v) is 9.11. The maximum atomic E-state index is 12.8. The van der Waals surface area contributed by atoms with Crippen LogP contribution in [0.25, 0.3) is 61.2 Å². The highest BCUT2D eigenvalue weighted by molar-refractivity contribution is 6.08. The Kier molecular flexibility index (Phi) is 6.39. The molecule has 0 saturated carbocycles. The van der Waals surface area contributed by atoms with Gasteiger partial charge in [0.25, 0.3) is 0 Å². The monoisotopic (exact) mass is 507 g/mol. The lowest BCUT2D eigenvalue weighted by Gasteiger charge is -2.11. The highest BCUT2D eigenvalue weighted by Crippen LogP contribution is 2.33. The van der Waals surface area contributed by atoms with Crippen molar-refractivity contribution in [2.75, 3.05) is 0 Å². The van der Waals surface area contributed by atoms with Crippen molar-refractivity contribution in [3.8, 4) is 33.9 Å². The second-order valence-electron chi connectivity index (χ2n) is 9.11. The maximum absolute atomic E-state index is 12.8. The summed E-state index contributed by atoms with van der Waals surface area (Å²) in [5.41, 5.74) is 4.61. The topological polar surface area (TPSA) is 68.9 Å². The quantitative estimate of drug-likeness (QED) is 0.134. The first-order valence-electron chi connectivity index (χ1n) is 12.8. The SMILES string of the molecule is C/C=C\C(=C/C)c1nc(-c2ccccc2)nc(-c2cccc(-c3cccc4c3oc(=O)c3ccccc34)c2)n1. The summed E-state index contributed by atoms with van der Waals surface area (Å²) in [5, 5.41) is 2.34. The molecule has 0 atom stereocenters. The van der Waals surface area contributed by atoms with Gasteiger partial charge in [-0.05, 0) is 36.9 Å². The summed E-state index contributed by atoms with van der Waals surface area (Å²) in [6, 6.07) is 31.4. The third kappa shape index (κ3) is 4.55. The zero-order chi connectivity index (χ0) is 26.8. The Balaban J connectivity index is 1.54. The van der Waals surface area contributed by atoms with Gasteiger partial charge in [0.15, 0.2) is 17.5 Å². The van der Waals surface area contributed by atoms with Gasteiger partial charge in [-0.3, -0.25) is 0 Å². The number of fused-ring (bicyclic) bond motifs is 3. The third-order valence-electron chi connectivity index (χ3n) is 6.66. The molecule has 5 nitrogen and oxygen atoms in total. The van der Waals surface area contributed by atoms with Crippen LogP contribution in [0.15, 0.2) is 125 Å². The van der Waals surface area contributed by atoms with E-state index >= 15 is 0 Å². The van der Waals surface area contributed by atoms with Crippen LogP contribution in [-0.2, 0) is 0 Å². The molecule has 0 aliphatic rings. The molecule has 0 aliphatic heterocycles. The molecule has 0 amide bonds. The average Bonchev–Trinajstić information content (AvgIpc) is 3.00. The summed E-state index contributed by atoms with van der Waals surface area (Å²) in [6.07, 6.45) is 5.96. The van der Waals surface area contributed by atoms with Gasteiger partial charge in [-0.2, -0.15) is 0 Å². The number of aromatic nitrogens is 3. The molecular weight excluding hydrogens is 482 g/mol. The lowest BCUT2D eigenvalue weighted by molar-refractivity contribution is 0.570. The summed E-state index contributed by atoms with van der Waals surface area (Å²) in [4.78, 5) is 27.3. The molecule has 5 heteroatoms. The van der Waals surface area contributed by atoms with Gasteiger partial charge in [-0.15, -0.1) is 0 Å². The summed E-state index contributed by atoms with van der Waals surface area (Å²) in [6.45, 7) is 3.94. The second kappa shape index (κ2) is 10.3. The molecular formula is C34H25N3O2. The Morgan fingerprint density at radius 3 is 2.08 bits per heavy atom. The van der Waals surface area contributed by atoms with E-state index in [4.69, 9.17) is 19.4 Å². The molecule has 0 spiro atoms. The molecule has 39 heavy (non-hydrogen) atoms. The molecule has 0 fully saturated rings. The molecule has 0 saturated heterocycles. The fraction of sp³-hybridized carbons (Fsp3) is 0.0588. The molecule has 6 rings (SSSR count). The number of hydrogen-bond acceptors (Lipinski definition) is 5. The zero-order valence-electron chi connectivity index (χ0n) is 21.6. The minimum absolute atomic E-state index is 0.348. The Bertz CT molecular complexity index is 1950. The predicted molar refractivity (Wildman–Crippen MR) is 158 cm³/mol. The van der Waals surface area contributed by atoms with Crippen molar-refractivity contribution < 1.29 is 4.42 Å². The molecule has 0 N–H and O–H groups in total. The Morgan fingerprint density at radius 1 is 0.667 bits per heavy atom. The highest BCUT2D eigenvalue weighted by atomic mass is 16.4. The van der Waals surface area contributed by atoms with E-state index in [9.17, 15) is 4.79 Å². The normalized spacial score (nSPS) is 12.0. The van der Waals surface area contributed by atoms with Crippen LogP contribution in [0.5, 0.6) is 0 Å². The van der Waals surface area contributed by atoms with Crippen LogP contribution in [-0.4, -0.2) is 15.0 Å². The van der Waals surface area contributed by atoms with Crippen molar-refractivity contribution >= 4 is 27.3 Å². The first-order valence-corrected chi connectivity index (χ1v) is 12.8. The smallest absolute Gasteiger partial charge is 0.344 e. The van der Waals surface area contributed by atoms with Crippen LogP contribution in [0.3, 0.4) is 0 Å². The lowest BCUT2D eigenvalue weighted by atomic mass is 9.98. The van der Waals surface area contributed by atoms with Crippen molar-refractivity contribution in [2.24, 2.45) is 0 Å². The average molecular weight is 508 g/mol. The molecule has 0 radical (unpaired) electrons. The van der Waals surface area contributed by atoms with Crippen LogP contribution in [0.4, 0.5) is 0 Å². The van der Waals surface area contributed by atoms with Gasteiger partial charge >= 0.3 is 5.63 Å². The fourth-order valence-corrected chi connectivity index (χ4v) is 4.79. The van der Waals surface area contributed by atoms with Crippen molar-refractivity contribution in [1.29, 1.82) is 0 Å². The van der Waals surface area contributed by atoms with E-state index in [0.717, 1.165) is 38.6 Å². The minimum atomic E-state index is -0.348. The minimum Gasteiger partial charge on any atom is -0.422 e. The molecule has 0 aliphatic carbocycles. The fourth-order valence-electron chi connectivity index (χ4n) is 4.79. The van der Waals surface area contributed by atoms with Gasteiger partial charge < -0.3 is 4.42 Å². The van der Waals surface area contributed by atoms with Crippen molar-refractivity contribution in [3.05, 3.63) is 132 Å².